The topological polar surface area (TPSA) is 99.1 Å². The van der Waals surface area contributed by atoms with Crippen molar-refractivity contribution in [1.29, 1.82) is 0 Å². The average Bonchev–Trinajstić information content (AvgIpc) is 2.79. The van der Waals surface area contributed by atoms with Gasteiger partial charge in [0.15, 0.2) is 0 Å². The van der Waals surface area contributed by atoms with E-state index in [2.05, 4.69) is 0 Å². The van der Waals surface area contributed by atoms with Gasteiger partial charge in [0.2, 0.25) is 0 Å². The SMILES string of the molecule is C[C@H]1COc2cc(C(=O)NO)ccc2CN1C(=O)C1(O)CCCCC1. The molecule has 1 aliphatic carbocycles. The molecule has 0 bridgehead atoms. The Balaban J connectivity index is 1.85. The quantitative estimate of drug-likeness (QED) is 0.557. The van der Waals surface area contributed by atoms with Gasteiger partial charge in [-0.25, -0.2) is 5.48 Å². The summed E-state index contributed by atoms with van der Waals surface area (Å²) in [6.45, 7) is 2.48. The maximum absolute atomic E-state index is 13.0. The Morgan fingerprint density at radius 3 is 2.68 bits per heavy atom. The first-order chi connectivity index (χ1) is 11.9. The van der Waals surface area contributed by atoms with E-state index in [1.54, 1.807) is 28.6 Å². The Hall–Kier alpha value is -2.12. The number of hydrogen-bond donors (Lipinski definition) is 3. The fraction of sp³-hybridized carbons (Fsp3) is 0.556. The summed E-state index contributed by atoms with van der Waals surface area (Å²) in [4.78, 5) is 26.2. The third-order valence-corrected chi connectivity index (χ3v) is 5.12. The van der Waals surface area contributed by atoms with Gasteiger partial charge in [0.05, 0.1) is 6.04 Å². The van der Waals surface area contributed by atoms with Gasteiger partial charge in [-0.1, -0.05) is 25.3 Å². The number of nitrogens with zero attached hydrogens (tertiary/aromatic N) is 1. The lowest BCUT2D eigenvalue weighted by Gasteiger charge is -2.37. The van der Waals surface area contributed by atoms with Crippen molar-refractivity contribution in [2.75, 3.05) is 6.61 Å². The fourth-order valence-corrected chi connectivity index (χ4v) is 3.55. The molecule has 2 amide bonds. The van der Waals surface area contributed by atoms with Gasteiger partial charge in [-0.2, -0.15) is 0 Å². The number of hydroxylamine groups is 1. The van der Waals surface area contributed by atoms with Gasteiger partial charge in [0.1, 0.15) is 18.0 Å². The highest BCUT2D eigenvalue weighted by Crippen LogP contribution is 2.33. The van der Waals surface area contributed by atoms with Gasteiger partial charge in [-0.15, -0.1) is 0 Å². The van der Waals surface area contributed by atoms with Crippen LogP contribution in [0.1, 0.15) is 54.9 Å². The van der Waals surface area contributed by atoms with Crippen LogP contribution in [0, 0.1) is 0 Å². The molecule has 0 unspecified atom stereocenters. The Morgan fingerprint density at radius 1 is 1.28 bits per heavy atom. The molecule has 3 rings (SSSR count). The first-order valence-electron chi connectivity index (χ1n) is 8.68. The number of aliphatic hydroxyl groups is 1. The zero-order valence-corrected chi connectivity index (χ0v) is 14.3. The third kappa shape index (κ3) is 3.48. The summed E-state index contributed by atoms with van der Waals surface area (Å²) in [6.07, 6.45) is 3.76. The van der Waals surface area contributed by atoms with Crippen molar-refractivity contribution >= 4 is 11.8 Å². The van der Waals surface area contributed by atoms with Crippen molar-refractivity contribution in [2.24, 2.45) is 0 Å². The maximum atomic E-state index is 13.0. The highest BCUT2D eigenvalue weighted by molar-refractivity contribution is 5.94. The lowest BCUT2D eigenvalue weighted by molar-refractivity contribution is -0.158. The molecule has 136 valence electrons. The van der Waals surface area contributed by atoms with Crippen LogP contribution in [0.15, 0.2) is 18.2 Å². The molecule has 1 aromatic rings. The number of hydrogen-bond acceptors (Lipinski definition) is 5. The minimum Gasteiger partial charge on any atom is -0.491 e. The zero-order chi connectivity index (χ0) is 18.0. The van der Waals surface area contributed by atoms with Crippen LogP contribution in [0.3, 0.4) is 0 Å². The molecule has 1 aromatic carbocycles. The lowest BCUT2D eigenvalue weighted by Crippen LogP contribution is -2.53. The molecule has 1 atom stereocenters. The van der Waals surface area contributed by atoms with Crippen LogP contribution in [0.4, 0.5) is 0 Å². The van der Waals surface area contributed by atoms with Gasteiger partial charge in [-0.05, 0) is 31.9 Å². The first kappa shape index (κ1) is 17.7. The summed E-state index contributed by atoms with van der Waals surface area (Å²) >= 11 is 0. The van der Waals surface area contributed by atoms with Gasteiger partial charge >= 0.3 is 0 Å². The average molecular weight is 348 g/mol. The smallest absolute Gasteiger partial charge is 0.274 e. The van der Waals surface area contributed by atoms with Crippen LogP contribution in [0.5, 0.6) is 5.75 Å². The summed E-state index contributed by atoms with van der Waals surface area (Å²) in [5.74, 6) is -0.347. The molecule has 2 aliphatic rings. The second-order valence-corrected chi connectivity index (χ2v) is 6.95. The Morgan fingerprint density at radius 2 is 2.00 bits per heavy atom. The first-order valence-corrected chi connectivity index (χ1v) is 8.68. The largest absolute Gasteiger partial charge is 0.491 e. The summed E-state index contributed by atoms with van der Waals surface area (Å²) in [7, 11) is 0. The molecule has 0 radical (unpaired) electrons. The number of benzene rings is 1. The molecule has 1 fully saturated rings. The monoisotopic (exact) mass is 348 g/mol. The van der Waals surface area contributed by atoms with Crippen molar-refractivity contribution in [2.45, 2.75) is 57.2 Å². The van der Waals surface area contributed by atoms with Gasteiger partial charge in [0.25, 0.3) is 11.8 Å². The molecule has 0 aromatic heterocycles. The van der Waals surface area contributed by atoms with Crippen LogP contribution in [0.25, 0.3) is 0 Å². The standard InChI is InChI=1S/C18H24N2O5/c1-12-11-25-15-9-13(16(21)19-24)5-6-14(15)10-20(12)17(22)18(23)7-3-2-4-8-18/h5-6,9,12,23-24H,2-4,7-8,10-11H2,1H3,(H,19,21)/t12-/m0/s1. The second kappa shape index (κ2) is 7.01. The van der Waals surface area contributed by atoms with E-state index in [-0.39, 0.29) is 24.1 Å². The molecule has 0 saturated heterocycles. The molecule has 25 heavy (non-hydrogen) atoms. The van der Waals surface area contributed by atoms with Crippen molar-refractivity contribution in [3.63, 3.8) is 0 Å². The predicted octanol–water partition coefficient (Wildman–Crippen LogP) is 1.61. The number of fused-ring (bicyclic) bond motifs is 1. The molecule has 1 heterocycles. The van der Waals surface area contributed by atoms with E-state index >= 15 is 0 Å². The highest BCUT2D eigenvalue weighted by Gasteiger charge is 2.42. The summed E-state index contributed by atoms with van der Waals surface area (Å²) in [6, 6.07) is 4.64. The third-order valence-electron chi connectivity index (χ3n) is 5.12. The van der Waals surface area contributed by atoms with E-state index in [0.717, 1.165) is 24.8 Å². The Labute approximate surface area is 146 Å². The number of ether oxygens (including phenoxy) is 1. The molecule has 7 heteroatoms. The molecule has 1 saturated carbocycles. The molecular formula is C18H24N2O5. The Bertz CT molecular complexity index is 669. The zero-order valence-electron chi connectivity index (χ0n) is 14.3. The maximum Gasteiger partial charge on any atom is 0.274 e. The van der Waals surface area contributed by atoms with Crippen LogP contribution in [-0.2, 0) is 11.3 Å². The normalized spacial score (nSPS) is 22.4. The minimum absolute atomic E-state index is 0.194. The molecule has 3 N–H and O–H groups in total. The molecule has 7 nitrogen and oxygen atoms in total. The van der Waals surface area contributed by atoms with E-state index in [0.29, 0.717) is 25.1 Å². The number of amides is 2. The number of rotatable bonds is 2. The number of carbonyl (C=O) groups excluding carboxylic acids is 2. The van der Waals surface area contributed by atoms with E-state index < -0.39 is 11.5 Å². The van der Waals surface area contributed by atoms with Gasteiger partial charge < -0.3 is 14.7 Å². The van der Waals surface area contributed by atoms with Crippen molar-refractivity contribution in [3.05, 3.63) is 29.3 Å². The van der Waals surface area contributed by atoms with Crippen LogP contribution in [-0.4, -0.2) is 45.3 Å². The van der Waals surface area contributed by atoms with E-state index in [1.165, 1.54) is 0 Å². The van der Waals surface area contributed by atoms with Crippen LogP contribution in [0.2, 0.25) is 0 Å². The summed E-state index contributed by atoms with van der Waals surface area (Å²) in [5.41, 5.74) is 1.36. The van der Waals surface area contributed by atoms with E-state index in [9.17, 15) is 14.7 Å². The van der Waals surface area contributed by atoms with Crippen molar-refractivity contribution in [3.8, 4) is 5.75 Å². The van der Waals surface area contributed by atoms with Gasteiger partial charge in [0, 0.05) is 17.7 Å². The lowest BCUT2D eigenvalue weighted by atomic mass is 9.83. The Kier molecular flexibility index (Phi) is 4.96. The van der Waals surface area contributed by atoms with Crippen LogP contribution < -0.4 is 10.2 Å². The van der Waals surface area contributed by atoms with Crippen LogP contribution >= 0.6 is 0 Å². The highest BCUT2D eigenvalue weighted by atomic mass is 16.5. The van der Waals surface area contributed by atoms with Crippen molar-refractivity contribution < 1.29 is 24.6 Å². The molecule has 0 spiro atoms. The second-order valence-electron chi connectivity index (χ2n) is 6.95. The summed E-state index contributed by atoms with van der Waals surface area (Å²) in [5, 5.41) is 19.5. The van der Waals surface area contributed by atoms with E-state index in [1.807, 2.05) is 6.92 Å². The van der Waals surface area contributed by atoms with Gasteiger partial charge in [-0.3, -0.25) is 14.8 Å². The summed E-state index contributed by atoms with van der Waals surface area (Å²) < 4.78 is 5.76. The predicted molar refractivity (Wildman–Crippen MR) is 89.2 cm³/mol. The fourth-order valence-electron chi connectivity index (χ4n) is 3.55. The van der Waals surface area contributed by atoms with Crippen molar-refractivity contribution in [1.82, 2.24) is 10.4 Å². The minimum atomic E-state index is -1.28. The molecule has 1 aliphatic heterocycles. The number of carbonyl (C=O) groups is 2. The molecular weight excluding hydrogens is 324 g/mol. The number of nitrogens with one attached hydrogen (secondary N) is 1. The van der Waals surface area contributed by atoms with E-state index in [4.69, 9.17) is 9.94 Å².